The third kappa shape index (κ3) is 1.64. The first-order chi connectivity index (χ1) is 8.57. The second-order valence-electron chi connectivity index (χ2n) is 4.81. The fourth-order valence-electron chi connectivity index (χ4n) is 2.71. The molecular weight excluding hydrogens is 226 g/mol. The van der Waals surface area contributed by atoms with E-state index in [1.165, 1.54) is 0 Å². The van der Waals surface area contributed by atoms with Crippen LogP contribution in [-0.4, -0.2) is 36.6 Å². The molecule has 0 N–H and O–H groups in total. The topological polar surface area (TPSA) is 24.8 Å². The normalized spacial score (nSPS) is 26.3. The van der Waals surface area contributed by atoms with Gasteiger partial charge in [0.1, 0.15) is 11.9 Å². The number of hydrogen-bond donors (Lipinski definition) is 0. The summed E-state index contributed by atoms with van der Waals surface area (Å²) in [5.41, 5.74) is 2.30. The summed E-state index contributed by atoms with van der Waals surface area (Å²) in [4.78, 5) is 4.77. The van der Waals surface area contributed by atoms with Crippen LogP contribution in [0.1, 0.15) is 26.7 Å². The highest BCUT2D eigenvalue weighted by Gasteiger charge is 2.48. The van der Waals surface area contributed by atoms with Gasteiger partial charge in [0.15, 0.2) is 5.76 Å². The van der Waals surface area contributed by atoms with E-state index in [0.29, 0.717) is 4.59 Å². The van der Waals surface area contributed by atoms with Crippen LogP contribution in [-0.2, 0) is 4.74 Å². The van der Waals surface area contributed by atoms with Crippen LogP contribution in [0.3, 0.4) is 0 Å². The molecule has 2 rings (SSSR count). The maximum atomic E-state index is 5.54. The van der Waals surface area contributed by atoms with Gasteiger partial charge in [-0.3, -0.25) is 0 Å². The van der Waals surface area contributed by atoms with Gasteiger partial charge in [-0.1, -0.05) is 13.3 Å². The van der Waals surface area contributed by atoms with E-state index in [0.717, 1.165) is 35.8 Å². The first-order valence-electron chi connectivity index (χ1n) is 6.38. The standard InChI is InChI=1S/C14H22N3O/c1-6-8-12-14-13(18-5)9-7-10-17(14,16(3)4)11(2)15-12/h7,9-10H,6,8H2,1-5H3/q+1. The lowest BCUT2D eigenvalue weighted by Gasteiger charge is -2.37. The minimum Gasteiger partial charge on any atom is -0.491 e. The van der Waals surface area contributed by atoms with Crippen LogP contribution >= 0.6 is 0 Å². The molecule has 98 valence electrons. The van der Waals surface area contributed by atoms with E-state index >= 15 is 0 Å². The summed E-state index contributed by atoms with van der Waals surface area (Å²) in [7, 11) is 5.85. The van der Waals surface area contributed by atoms with Gasteiger partial charge in [-0.15, -0.1) is 9.60 Å². The van der Waals surface area contributed by atoms with Crippen molar-refractivity contribution >= 4 is 5.84 Å². The van der Waals surface area contributed by atoms with Gasteiger partial charge in [0.05, 0.1) is 7.11 Å². The largest absolute Gasteiger partial charge is 0.491 e. The van der Waals surface area contributed by atoms with Crippen molar-refractivity contribution in [3.05, 3.63) is 35.5 Å². The third-order valence-corrected chi connectivity index (χ3v) is 3.52. The zero-order valence-corrected chi connectivity index (χ0v) is 11.9. The van der Waals surface area contributed by atoms with Crippen LogP contribution < -0.4 is 0 Å². The molecule has 0 aromatic carbocycles. The van der Waals surface area contributed by atoms with Crippen molar-refractivity contribution < 1.29 is 9.33 Å². The minimum absolute atomic E-state index is 0.551. The maximum Gasteiger partial charge on any atom is 0.229 e. The Bertz CT molecular complexity index is 471. The number of fused-ring (bicyclic) bond motifs is 1. The molecule has 2 aliphatic heterocycles. The van der Waals surface area contributed by atoms with Gasteiger partial charge in [0.2, 0.25) is 11.5 Å². The number of hydrogen-bond acceptors (Lipinski definition) is 3. The smallest absolute Gasteiger partial charge is 0.229 e. The van der Waals surface area contributed by atoms with Crippen LogP contribution in [0.4, 0.5) is 0 Å². The number of quaternary nitrogens is 1. The zero-order valence-electron chi connectivity index (χ0n) is 11.9. The average Bonchev–Trinajstić information content (AvgIpc) is 2.64. The second-order valence-corrected chi connectivity index (χ2v) is 4.81. The molecule has 0 aliphatic carbocycles. The molecule has 1 atom stereocenters. The molecule has 4 nitrogen and oxygen atoms in total. The molecule has 0 radical (unpaired) electrons. The van der Waals surface area contributed by atoms with Gasteiger partial charge >= 0.3 is 0 Å². The van der Waals surface area contributed by atoms with Crippen LogP contribution in [0.2, 0.25) is 0 Å². The second kappa shape index (κ2) is 4.71. The Morgan fingerprint density at radius 2 is 2.11 bits per heavy atom. The lowest BCUT2D eigenvalue weighted by atomic mass is 10.1. The maximum absolute atomic E-state index is 5.54. The Morgan fingerprint density at radius 3 is 2.67 bits per heavy atom. The SMILES string of the molecule is CCCC1=C2C(OC)=CC=C[N+]2(N(C)C)C(C)=N1. The van der Waals surface area contributed by atoms with E-state index in [9.17, 15) is 0 Å². The summed E-state index contributed by atoms with van der Waals surface area (Å²) < 4.78 is 6.09. The highest BCUT2D eigenvalue weighted by Crippen LogP contribution is 2.40. The number of amidine groups is 1. The minimum atomic E-state index is 0.551. The molecule has 4 heteroatoms. The number of allylic oxidation sites excluding steroid dienone is 3. The fourth-order valence-corrected chi connectivity index (χ4v) is 2.71. The molecule has 0 bridgehead atoms. The first kappa shape index (κ1) is 13.1. The van der Waals surface area contributed by atoms with E-state index in [1.807, 2.05) is 12.2 Å². The molecule has 0 saturated carbocycles. The summed E-state index contributed by atoms with van der Waals surface area (Å²) in [5.74, 6) is 1.98. The van der Waals surface area contributed by atoms with E-state index in [1.54, 1.807) is 7.11 Å². The van der Waals surface area contributed by atoms with Gasteiger partial charge in [0.25, 0.3) is 0 Å². The molecule has 0 spiro atoms. The van der Waals surface area contributed by atoms with Crippen molar-refractivity contribution in [2.45, 2.75) is 26.7 Å². The predicted molar refractivity (Wildman–Crippen MR) is 73.2 cm³/mol. The number of nitrogens with zero attached hydrogens (tertiary/aromatic N) is 3. The van der Waals surface area contributed by atoms with E-state index < -0.39 is 0 Å². The van der Waals surface area contributed by atoms with Gasteiger partial charge < -0.3 is 4.74 Å². The van der Waals surface area contributed by atoms with Gasteiger partial charge in [-0.2, -0.15) is 4.99 Å². The van der Waals surface area contributed by atoms with E-state index in [2.05, 4.69) is 39.2 Å². The van der Waals surface area contributed by atoms with Crippen LogP contribution in [0.5, 0.6) is 0 Å². The molecular formula is C14H22N3O+. The fraction of sp³-hybridized carbons (Fsp3) is 0.500. The molecule has 2 heterocycles. The number of methoxy groups -OCH3 is 1. The Hall–Kier alpha value is -1.39. The first-order valence-corrected chi connectivity index (χ1v) is 6.38. The summed E-state index contributed by atoms with van der Waals surface area (Å²) in [6.45, 7) is 4.25. The van der Waals surface area contributed by atoms with Crippen molar-refractivity contribution in [3.63, 3.8) is 0 Å². The average molecular weight is 248 g/mol. The summed E-state index contributed by atoms with van der Waals surface area (Å²) in [6.07, 6.45) is 8.27. The lowest BCUT2D eigenvalue weighted by Crippen LogP contribution is -2.54. The number of ether oxygens (including phenoxy) is 1. The molecule has 0 aromatic rings. The highest BCUT2D eigenvalue weighted by molar-refractivity contribution is 5.79. The monoisotopic (exact) mass is 248 g/mol. The van der Waals surface area contributed by atoms with Gasteiger partial charge in [-0.05, 0) is 18.6 Å². The third-order valence-electron chi connectivity index (χ3n) is 3.52. The molecule has 0 aromatic heterocycles. The number of aliphatic imine (C=N–C) groups is 1. The van der Waals surface area contributed by atoms with E-state index in [4.69, 9.17) is 9.73 Å². The molecule has 2 aliphatic rings. The predicted octanol–water partition coefficient (Wildman–Crippen LogP) is 2.78. The molecule has 1 unspecified atom stereocenters. The molecule has 18 heavy (non-hydrogen) atoms. The van der Waals surface area contributed by atoms with Crippen molar-refractivity contribution in [2.75, 3.05) is 21.2 Å². The van der Waals surface area contributed by atoms with Crippen molar-refractivity contribution in [3.8, 4) is 0 Å². The molecule has 0 saturated heterocycles. The van der Waals surface area contributed by atoms with E-state index in [-0.39, 0.29) is 0 Å². The highest BCUT2D eigenvalue weighted by atomic mass is 16.5. The lowest BCUT2D eigenvalue weighted by molar-refractivity contribution is -0.870. The Morgan fingerprint density at radius 1 is 1.39 bits per heavy atom. The Kier molecular flexibility index (Phi) is 3.41. The van der Waals surface area contributed by atoms with Crippen LogP contribution in [0.15, 0.2) is 40.5 Å². The number of rotatable bonds is 4. The van der Waals surface area contributed by atoms with Crippen LogP contribution in [0.25, 0.3) is 0 Å². The Labute approximate surface area is 109 Å². The quantitative estimate of drug-likeness (QED) is 0.715. The Balaban J connectivity index is 2.60. The van der Waals surface area contributed by atoms with Gasteiger partial charge in [0, 0.05) is 21.0 Å². The summed E-state index contributed by atoms with van der Waals surface area (Å²) in [5, 5.41) is 2.15. The van der Waals surface area contributed by atoms with Crippen LogP contribution in [0, 0.1) is 0 Å². The van der Waals surface area contributed by atoms with Crippen molar-refractivity contribution in [2.24, 2.45) is 4.99 Å². The van der Waals surface area contributed by atoms with Crippen molar-refractivity contribution in [1.29, 1.82) is 0 Å². The molecule has 0 fully saturated rings. The molecule has 0 amide bonds. The zero-order chi connectivity index (χ0) is 13.3. The summed E-state index contributed by atoms with van der Waals surface area (Å²) >= 11 is 0. The van der Waals surface area contributed by atoms with Gasteiger partial charge in [-0.25, -0.2) is 0 Å². The summed E-state index contributed by atoms with van der Waals surface area (Å²) in [6, 6.07) is 0. The van der Waals surface area contributed by atoms with Crippen molar-refractivity contribution in [1.82, 2.24) is 5.01 Å².